The van der Waals surface area contributed by atoms with Crippen LogP contribution in [0.5, 0.6) is 0 Å². The average molecular weight is 201 g/mol. The van der Waals surface area contributed by atoms with Gasteiger partial charge in [-0.1, -0.05) is 13.8 Å². The number of nitriles is 1. The van der Waals surface area contributed by atoms with Gasteiger partial charge in [-0.15, -0.1) is 11.6 Å². The van der Waals surface area contributed by atoms with Gasteiger partial charge in [-0.2, -0.15) is 5.26 Å². The molecule has 1 fully saturated rings. The van der Waals surface area contributed by atoms with Crippen LogP contribution in [-0.4, -0.2) is 29.4 Å². The zero-order valence-electron chi connectivity index (χ0n) is 8.33. The molecule has 0 aromatic heterocycles. The molecule has 0 spiro atoms. The van der Waals surface area contributed by atoms with Gasteiger partial charge < -0.3 is 0 Å². The van der Waals surface area contributed by atoms with Crippen molar-refractivity contribution in [1.29, 1.82) is 5.26 Å². The lowest BCUT2D eigenvalue weighted by Gasteiger charge is -2.23. The Bertz CT molecular complexity index is 200. The minimum absolute atomic E-state index is 0.348. The van der Waals surface area contributed by atoms with Gasteiger partial charge >= 0.3 is 0 Å². The predicted octanol–water partition coefficient (Wildman–Crippen LogP) is 2.24. The monoisotopic (exact) mass is 200 g/mol. The molecule has 3 heteroatoms. The van der Waals surface area contributed by atoms with E-state index in [0.29, 0.717) is 6.04 Å². The molecule has 0 aromatic rings. The minimum atomic E-state index is -0.348. The highest BCUT2D eigenvalue weighted by molar-refractivity contribution is 6.22. The Hall–Kier alpha value is -0.260. The zero-order chi connectivity index (χ0) is 9.84. The van der Waals surface area contributed by atoms with Gasteiger partial charge in [0.2, 0.25) is 0 Å². The van der Waals surface area contributed by atoms with Gasteiger partial charge in [-0.25, -0.2) is 0 Å². The SMILES string of the molecule is CCC1CC(C)CN1CC(Cl)C#N. The molecule has 1 heterocycles. The van der Waals surface area contributed by atoms with Gasteiger partial charge in [0.25, 0.3) is 0 Å². The van der Waals surface area contributed by atoms with Crippen molar-refractivity contribution in [2.45, 2.75) is 38.1 Å². The smallest absolute Gasteiger partial charge is 0.133 e. The first kappa shape index (κ1) is 10.8. The number of halogens is 1. The molecule has 0 N–H and O–H groups in total. The molecule has 0 bridgehead atoms. The fourth-order valence-corrected chi connectivity index (χ4v) is 2.31. The van der Waals surface area contributed by atoms with E-state index < -0.39 is 0 Å². The molecule has 0 radical (unpaired) electrons. The van der Waals surface area contributed by atoms with Crippen molar-refractivity contribution in [2.24, 2.45) is 5.92 Å². The molecule has 1 aliphatic heterocycles. The van der Waals surface area contributed by atoms with Crippen LogP contribution in [0.1, 0.15) is 26.7 Å². The largest absolute Gasteiger partial charge is 0.298 e. The van der Waals surface area contributed by atoms with Crippen molar-refractivity contribution in [3.8, 4) is 6.07 Å². The van der Waals surface area contributed by atoms with Crippen molar-refractivity contribution in [1.82, 2.24) is 4.90 Å². The number of hydrogen-bond donors (Lipinski definition) is 0. The number of rotatable bonds is 3. The fraction of sp³-hybridized carbons (Fsp3) is 0.900. The Morgan fingerprint density at radius 2 is 2.38 bits per heavy atom. The molecule has 1 saturated heterocycles. The molecule has 0 aromatic carbocycles. The van der Waals surface area contributed by atoms with E-state index in [0.717, 1.165) is 19.0 Å². The molecule has 0 saturated carbocycles. The van der Waals surface area contributed by atoms with Gasteiger partial charge in [0, 0.05) is 19.1 Å². The second-order valence-corrected chi connectivity index (χ2v) is 4.48. The van der Waals surface area contributed by atoms with Crippen LogP contribution in [0, 0.1) is 17.2 Å². The highest BCUT2D eigenvalue weighted by atomic mass is 35.5. The molecule has 2 nitrogen and oxygen atoms in total. The van der Waals surface area contributed by atoms with Crippen LogP contribution in [-0.2, 0) is 0 Å². The van der Waals surface area contributed by atoms with E-state index in [-0.39, 0.29) is 5.38 Å². The van der Waals surface area contributed by atoms with Crippen molar-refractivity contribution in [3.05, 3.63) is 0 Å². The van der Waals surface area contributed by atoms with Crippen LogP contribution < -0.4 is 0 Å². The minimum Gasteiger partial charge on any atom is -0.298 e. The van der Waals surface area contributed by atoms with Crippen LogP contribution in [0.2, 0.25) is 0 Å². The fourth-order valence-electron chi connectivity index (χ4n) is 2.13. The lowest BCUT2D eigenvalue weighted by atomic mass is 10.1. The number of hydrogen-bond acceptors (Lipinski definition) is 2. The Balaban J connectivity index is 2.45. The van der Waals surface area contributed by atoms with Crippen molar-refractivity contribution in [2.75, 3.05) is 13.1 Å². The molecule has 3 atom stereocenters. The summed E-state index contributed by atoms with van der Waals surface area (Å²) in [6, 6.07) is 2.72. The third kappa shape index (κ3) is 2.86. The summed E-state index contributed by atoms with van der Waals surface area (Å²) in [7, 11) is 0. The average Bonchev–Trinajstić information content (AvgIpc) is 2.46. The van der Waals surface area contributed by atoms with Crippen LogP contribution in [0.3, 0.4) is 0 Å². The van der Waals surface area contributed by atoms with E-state index in [1.807, 2.05) is 0 Å². The number of nitrogens with zero attached hydrogens (tertiary/aromatic N) is 2. The molecule has 3 unspecified atom stereocenters. The topological polar surface area (TPSA) is 27.0 Å². The highest BCUT2D eigenvalue weighted by Crippen LogP contribution is 2.25. The molecule has 0 amide bonds. The summed E-state index contributed by atoms with van der Waals surface area (Å²) in [6.45, 7) is 6.29. The second kappa shape index (κ2) is 4.83. The van der Waals surface area contributed by atoms with Gasteiger partial charge in [-0.3, -0.25) is 4.90 Å². The quantitative estimate of drug-likeness (QED) is 0.654. The highest BCUT2D eigenvalue weighted by Gasteiger charge is 2.29. The zero-order valence-corrected chi connectivity index (χ0v) is 9.09. The summed E-state index contributed by atoms with van der Waals surface area (Å²) >= 11 is 5.81. The van der Waals surface area contributed by atoms with Crippen LogP contribution in [0.15, 0.2) is 0 Å². The maximum atomic E-state index is 8.61. The van der Waals surface area contributed by atoms with Gasteiger partial charge in [0.05, 0.1) is 6.07 Å². The Morgan fingerprint density at radius 3 is 2.92 bits per heavy atom. The number of likely N-dealkylation sites (tertiary alicyclic amines) is 1. The molecule has 0 aliphatic carbocycles. The standard InChI is InChI=1S/C10H17ClN2/c1-3-10-4-8(2)6-13(10)7-9(11)5-12/h8-10H,3-4,6-7H2,1-2H3. The van der Waals surface area contributed by atoms with Gasteiger partial charge in [-0.05, 0) is 18.8 Å². The lowest BCUT2D eigenvalue weighted by Crippen LogP contribution is -2.33. The van der Waals surface area contributed by atoms with E-state index >= 15 is 0 Å². The summed E-state index contributed by atoms with van der Waals surface area (Å²) in [5, 5.41) is 8.26. The van der Waals surface area contributed by atoms with Crippen molar-refractivity contribution < 1.29 is 0 Å². The Kier molecular flexibility index (Phi) is 4.02. The molecule has 13 heavy (non-hydrogen) atoms. The Labute approximate surface area is 85.5 Å². The maximum Gasteiger partial charge on any atom is 0.133 e. The van der Waals surface area contributed by atoms with E-state index in [1.165, 1.54) is 12.8 Å². The normalized spacial score (nSPS) is 31.5. The summed E-state index contributed by atoms with van der Waals surface area (Å²) in [6.07, 6.45) is 2.42. The maximum absolute atomic E-state index is 8.61. The van der Waals surface area contributed by atoms with E-state index in [1.54, 1.807) is 0 Å². The predicted molar refractivity (Wildman–Crippen MR) is 54.7 cm³/mol. The summed E-state index contributed by atoms with van der Waals surface area (Å²) in [4.78, 5) is 2.35. The third-order valence-electron chi connectivity index (χ3n) is 2.74. The van der Waals surface area contributed by atoms with Crippen LogP contribution in [0.25, 0.3) is 0 Å². The number of alkyl halides is 1. The Morgan fingerprint density at radius 1 is 1.69 bits per heavy atom. The van der Waals surface area contributed by atoms with Crippen molar-refractivity contribution in [3.63, 3.8) is 0 Å². The molecule has 1 aliphatic rings. The first-order chi connectivity index (χ1) is 6.17. The molecule has 74 valence electrons. The van der Waals surface area contributed by atoms with Gasteiger partial charge in [0.15, 0.2) is 0 Å². The van der Waals surface area contributed by atoms with Crippen molar-refractivity contribution >= 4 is 11.6 Å². The molecular formula is C10H17ClN2. The lowest BCUT2D eigenvalue weighted by molar-refractivity contribution is 0.253. The molecular weight excluding hydrogens is 184 g/mol. The first-order valence-electron chi connectivity index (χ1n) is 4.95. The van der Waals surface area contributed by atoms with Gasteiger partial charge in [0.1, 0.15) is 5.38 Å². The summed E-state index contributed by atoms with van der Waals surface area (Å²) in [5.41, 5.74) is 0. The second-order valence-electron chi connectivity index (χ2n) is 3.95. The third-order valence-corrected chi connectivity index (χ3v) is 2.98. The first-order valence-corrected chi connectivity index (χ1v) is 5.38. The van der Waals surface area contributed by atoms with E-state index in [2.05, 4.69) is 24.8 Å². The van der Waals surface area contributed by atoms with E-state index in [9.17, 15) is 0 Å². The van der Waals surface area contributed by atoms with Crippen LogP contribution in [0.4, 0.5) is 0 Å². The molecule has 1 rings (SSSR count). The van der Waals surface area contributed by atoms with Crippen LogP contribution >= 0.6 is 11.6 Å². The summed E-state index contributed by atoms with van der Waals surface area (Å²) in [5.74, 6) is 0.757. The van der Waals surface area contributed by atoms with E-state index in [4.69, 9.17) is 16.9 Å². The summed E-state index contributed by atoms with van der Waals surface area (Å²) < 4.78 is 0.